The topological polar surface area (TPSA) is 117 Å². The normalized spacial score (nSPS) is 13.6. The SMILES string of the molecule is O=C(Nc1cccc(C(=O)NS(=O)(=O)c2cnc3ccc(Cl)cc3c2)c1)NC1CC1. The van der Waals surface area contributed by atoms with Crippen molar-refractivity contribution >= 4 is 50.2 Å². The second-order valence-corrected chi connectivity index (χ2v) is 9.02. The first-order valence-corrected chi connectivity index (χ1v) is 11.0. The molecule has 10 heteroatoms. The zero-order chi connectivity index (χ0) is 21.3. The van der Waals surface area contributed by atoms with Crippen molar-refractivity contribution in [3.63, 3.8) is 0 Å². The van der Waals surface area contributed by atoms with E-state index < -0.39 is 15.9 Å². The molecule has 1 aromatic heterocycles. The molecule has 3 N–H and O–H groups in total. The number of fused-ring (bicyclic) bond motifs is 1. The lowest BCUT2D eigenvalue weighted by Gasteiger charge is -2.10. The van der Waals surface area contributed by atoms with Crippen LogP contribution in [-0.2, 0) is 10.0 Å². The van der Waals surface area contributed by atoms with Crippen molar-refractivity contribution in [2.24, 2.45) is 0 Å². The summed E-state index contributed by atoms with van der Waals surface area (Å²) in [6, 6.07) is 12.1. The summed E-state index contributed by atoms with van der Waals surface area (Å²) in [7, 11) is -4.16. The van der Waals surface area contributed by atoms with Gasteiger partial charge in [0.05, 0.1) is 5.52 Å². The summed E-state index contributed by atoms with van der Waals surface area (Å²) >= 11 is 5.95. The molecule has 2 aromatic carbocycles. The van der Waals surface area contributed by atoms with Crippen LogP contribution in [0.4, 0.5) is 10.5 Å². The van der Waals surface area contributed by atoms with E-state index in [4.69, 9.17) is 11.6 Å². The first kappa shape index (κ1) is 20.1. The first-order valence-electron chi connectivity index (χ1n) is 9.10. The maximum atomic E-state index is 12.7. The average Bonchev–Trinajstić information content (AvgIpc) is 3.51. The van der Waals surface area contributed by atoms with Gasteiger partial charge in [0.1, 0.15) is 4.90 Å². The fourth-order valence-electron chi connectivity index (χ4n) is 2.79. The minimum absolute atomic E-state index is 0.0830. The number of anilines is 1. The Kier molecular flexibility index (Phi) is 5.31. The van der Waals surface area contributed by atoms with Crippen LogP contribution in [-0.4, -0.2) is 31.4 Å². The Morgan fingerprint density at radius 2 is 1.87 bits per heavy atom. The number of pyridine rings is 1. The lowest BCUT2D eigenvalue weighted by molar-refractivity contribution is 0.0981. The minimum Gasteiger partial charge on any atom is -0.335 e. The smallest absolute Gasteiger partial charge is 0.319 e. The molecule has 8 nitrogen and oxygen atoms in total. The van der Waals surface area contributed by atoms with Crippen LogP contribution in [0, 0.1) is 0 Å². The fourth-order valence-corrected chi connectivity index (χ4v) is 3.92. The van der Waals surface area contributed by atoms with Crippen LogP contribution >= 0.6 is 11.6 Å². The summed E-state index contributed by atoms with van der Waals surface area (Å²) < 4.78 is 27.3. The summed E-state index contributed by atoms with van der Waals surface area (Å²) in [4.78, 5) is 28.3. The van der Waals surface area contributed by atoms with Crippen LogP contribution in [0.1, 0.15) is 23.2 Å². The van der Waals surface area contributed by atoms with Gasteiger partial charge in [-0.1, -0.05) is 17.7 Å². The number of benzene rings is 2. The molecule has 0 unspecified atom stereocenters. The molecule has 0 bridgehead atoms. The highest BCUT2D eigenvalue weighted by Gasteiger charge is 2.23. The number of hydrogen-bond donors (Lipinski definition) is 3. The number of halogens is 1. The van der Waals surface area contributed by atoms with Crippen LogP contribution in [0.5, 0.6) is 0 Å². The van der Waals surface area contributed by atoms with Gasteiger partial charge >= 0.3 is 6.03 Å². The number of urea groups is 1. The van der Waals surface area contributed by atoms with E-state index >= 15 is 0 Å². The highest BCUT2D eigenvalue weighted by Crippen LogP contribution is 2.21. The molecule has 0 radical (unpaired) electrons. The molecule has 0 saturated heterocycles. The van der Waals surface area contributed by atoms with E-state index in [2.05, 4.69) is 15.6 Å². The van der Waals surface area contributed by atoms with Gasteiger partial charge in [0.25, 0.3) is 15.9 Å². The number of rotatable bonds is 5. The van der Waals surface area contributed by atoms with Crippen molar-refractivity contribution in [3.05, 3.63) is 65.3 Å². The van der Waals surface area contributed by atoms with Crippen molar-refractivity contribution < 1.29 is 18.0 Å². The summed E-state index contributed by atoms with van der Waals surface area (Å²) in [5.41, 5.74) is 1.03. The molecule has 1 fully saturated rings. The van der Waals surface area contributed by atoms with Gasteiger partial charge in [0.2, 0.25) is 0 Å². The van der Waals surface area contributed by atoms with Crippen molar-refractivity contribution in [2.75, 3.05) is 5.32 Å². The van der Waals surface area contributed by atoms with Crippen LogP contribution in [0.25, 0.3) is 10.9 Å². The monoisotopic (exact) mass is 444 g/mol. The molecule has 3 amide bonds. The molecule has 3 aromatic rings. The van der Waals surface area contributed by atoms with Crippen LogP contribution in [0.3, 0.4) is 0 Å². The molecule has 154 valence electrons. The quantitative estimate of drug-likeness (QED) is 0.558. The minimum atomic E-state index is -4.16. The molecule has 1 heterocycles. The Labute approximate surface area is 177 Å². The third kappa shape index (κ3) is 4.69. The number of carbonyl (C=O) groups is 2. The lowest BCUT2D eigenvalue weighted by atomic mass is 10.2. The number of amides is 3. The standard InChI is InChI=1S/C20H17ClN4O4S/c21-14-4-7-18-13(8-14)10-17(11-22-18)30(28,29)25-19(26)12-2-1-3-16(9-12)24-20(27)23-15-5-6-15/h1-4,7-11,15H,5-6H2,(H,25,26)(H2,23,24,27). The molecule has 1 aliphatic carbocycles. The third-order valence-electron chi connectivity index (χ3n) is 4.45. The van der Waals surface area contributed by atoms with Crippen LogP contribution < -0.4 is 15.4 Å². The van der Waals surface area contributed by atoms with Gasteiger partial charge in [-0.05, 0) is 55.3 Å². The summed E-state index contributed by atoms with van der Waals surface area (Å²) in [5.74, 6) is -0.826. The van der Waals surface area contributed by atoms with E-state index in [9.17, 15) is 18.0 Å². The Morgan fingerprint density at radius 1 is 1.07 bits per heavy atom. The largest absolute Gasteiger partial charge is 0.335 e. The zero-order valence-electron chi connectivity index (χ0n) is 15.6. The molecule has 0 atom stereocenters. The van der Waals surface area contributed by atoms with Gasteiger partial charge in [0.15, 0.2) is 0 Å². The van der Waals surface area contributed by atoms with Crippen LogP contribution in [0.15, 0.2) is 59.6 Å². The predicted molar refractivity (Wildman–Crippen MR) is 113 cm³/mol. The zero-order valence-corrected chi connectivity index (χ0v) is 17.1. The van der Waals surface area contributed by atoms with Crippen molar-refractivity contribution in [1.29, 1.82) is 0 Å². The molecular formula is C20H17ClN4O4S. The van der Waals surface area contributed by atoms with Gasteiger partial charge in [-0.2, -0.15) is 0 Å². The summed E-state index contributed by atoms with van der Waals surface area (Å²) in [5, 5.41) is 6.37. The molecule has 1 saturated carbocycles. The van der Waals surface area contributed by atoms with Crippen molar-refractivity contribution in [3.8, 4) is 0 Å². The molecule has 30 heavy (non-hydrogen) atoms. The van der Waals surface area contributed by atoms with E-state index in [1.54, 1.807) is 30.3 Å². The fraction of sp³-hybridized carbons (Fsp3) is 0.150. The van der Waals surface area contributed by atoms with Crippen molar-refractivity contribution in [1.82, 2.24) is 15.0 Å². The van der Waals surface area contributed by atoms with Gasteiger partial charge in [0, 0.05) is 33.9 Å². The highest BCUT2D eigenvalue weighted by atomic mass is 35.5. The number of nitrogens with one attached hydrogen (secondary N) is 3. The lowest BCUT2D eigenvalue weighted by Crippen LogP contribution is -2.31. The molecule has 4 rings (SSSR count). The van der Waals surface area contributed by atoms with E-state index in [0.717, 1.165) is 12.8 Å². The Bertz CT molecular complexity index is 1260. The Morgan fingerprint density at radius 3 is 2.63 bits per heavy atom. The Hall–Kier alpha value is -3.17. The second-order valence-electron chi connectivity index (χ2n) is 6.90. The van der Waals surface area contributed by atoms with Gasteiger partial charge in [-0.3, -0.25) is 9.78 Å². The number of aromatic nitrogens is 1. The number of sulfonamides is 1. The molecule has 1 aliphatic rings. The maximum absolute atomic E-state index is 12.7. The van der Waals surface area contributed by atoms with Gasteiger partial charge in [-0.15, -0.1) is 0 Å². The number of hydrogen-bond acceptors (Lipinski definition) is 5. The number of nitrogens with zero attached hydrogens (tertiary/aromatic N) is 1. The maximum Gasteiger partial charge on any atom is 0.319 e. The van der Waals surface area contributed by atoms with Gasteiger partial charge in [-0.25, -0.2) is 17.9 Å². The third-order valence-corrected chi connectivity index (χ3v) is 5.98. The van der Waals surface area contributed by atoms with E-state index in [1.165, 1.54) is 24.4 Å². The number of carbonyl (C=O) groups excluding carboxylic acids is 2. The predicted octanol–water partition coefficient (Wildman–Crippen LogP) is 3.29. The van der Waals surface area contributed by atoms with E-state index in [1.807, 2.05) is 4.72 Å². The molecule has 0 aliphatic heterocycles. The average molecular weight is 445 g/mol. The highest BCUT2D eigenvalue weighted by molar-refractivity contribution is 7.90. The van der Waals surface area contributed by atoms with Crippen molar-refractivity contribution in [2.45, 2.75) is 23.8 Å². The van der Waals surface area contributed by atoms with Gasteiger partial charge < -0.3 is 10.6 Å². The summed E-state index contributed by atoms with van der Waals surface area (Å²) in [6.45, 7) is 0. The van der Waals surface area contributed by atoms with Crippen LogP contribution in [0.2, 0.25) is 5.02 Å². The van der Waals surface area contributed by atoms with E-state index in [-0.39, 0.29) is 22.5 Å². The first-order chi connectivity index (χ1) is 14.3. The molecule has 0 spiro atoms. The Balaban J connectivity index is 1.51. The second kappa shape index (κ2) is 7.92. The molecular weight excluding hydrogens is 428 g/mol. The summed E-state index contributed by atoms with van der Waals surface area (Å²) in [6.07, 6.45) is 3.07. The van der Waals surface area contributed by atoms with E-state index in [0.29, 0.717) is 21.6 Å².